The highest BCUT2D eigenvalue weighted by Gasteiger charge is 2.02. The van der Waals surface area contributed by atoms with Gasteiger partial charge in [0.1, 0.15) is 0 Å². The largest absolute Gasteiger partial charge is 0.465 e. The minimum Gasteiger partial charge on any atom is -0.465 e. The van der Waals surface area contributed by atoms with Crippen LogP contribution in [0, 0.1) is 13.8 Å². The molecule has 0 N–H and O–H groups in total. The van der Waals surface area contributed by atoms with Crippen molar-refractivity contribution in [1.82, 2.24) is 0 Å². The predicted molar refractivity (Wildman–Crippen MR) is 68.7 cm³/mol. The summed E-state index contributed by atoms with van der Waals surface area (Å²) in [6.45, 7) is 6.47. The van der Waals surface area contributed by atoms with Crippen LogP contribution >= 0.6 is 11.8 Å². The zero-order chi connectivity index (χ0) is 12.0. The summed E-state index contributed by atoms with van der Waals surface area (Å²) in [5, 5.41) is 0. The number of rotatable bonds is 5. The van der Waals surface area contributed by atoms with E-state index >= 15 is 0 Å². The molecule has 0 spiro atoms. The van der Waals surface area contributed by atoms with Crippen LogP contribution in [0.5, 0.6) is 0 Å². The third-order valence-corrected chi connectivity index (χ3v) is 3.05. The smallest absolute Gasteiger partial charge is 0.315 e. The van der Waals surface area contributed by atoms with Gasteiger partial charge in [0.15, 0.2) is 0 Å². The van der Waals surface area contributed by atoms with Crippen molar-refractivity contribution in [3.05, 3.63) is 34.9 Å². The van der Waals surface area contributed by atoms with Crippen molar-refractivity contribution in [2.45, 2.75) is 26.5 Å². The van der Waals surface area contributed by atoms with Crippen molar-refractivity contribution in [2.75, 3.05) is 12.4 Å². The third kappa shape index (κ3) is 4.71. The summed E-state index contributed by atoms with van der Waals surface area (Å²) in [4.78, 5) is 11.1. The average molecular weight is 238 g/mol. The number of carbonyl (C=O) groups excluding carboxylic acids is 1. The quantitative estimate of drug-likeness (QED) is 0.737. The van der Waals surface area contributed by atoms with E-state index in [-0.39, 0.29) is 5.97 Å². The van der Waals surface area contributed by atoms with Crippen LogP contribution in [0.1, 0.15) is 23.6 Å². The van der Waals surface area contributed by atoms with Gasteiger partial charge < -0.3 is 4.74 Å². The first-order chi connectivity index (χ1) is 7.61. The Bertz CT molecular complexity index is 341. The molecule has 0 heterocycles. The van der Waals surface area contributed by atoms with Gasteiger partial charge in [-0.3, -0.25) is 4.79 Å². The van der Waals surface area contributed by atoms with Crippen LogP contribution in [0.25, 0.3) is 0 Å². The van der Waals surface area contributed by atoms with Gasteiger partial charge in [0.05, 0.1) is 12.4 Å². The number of ether oxygens (including phenoxy) is 1. The molecule has 0 unspecified atom stereocenters. The molecule has 0 aliphatic rings. The molecule has 0 atom stereocenters. The molecule has 0 saturated carbocycles. The maximum atomic E-state index is 11.1. The van der Waals surface area contributed by atoms with Crippen molar-refractivity contribution in [3.8, 4) is 0 Å². The van der Waals surface area contributed by atoms with Gasteiger partial charge in [0.25, 0.3) is 0 Å². The van der Waals surface area contributed by atoms with E-state index in [1.54, 1.807) is 11.8 Å². The van der Waals surface area contributed by atoms with Crippen molar-refractivity contribution >= 4 is 17.7 Å². The molecule has 2 nitrogen and oxygen atoms in total. The molecule has 0 aromatic heterocycles. The Morgan fingerprint density at radius 3 is 2.44 bits per heavy atom. The van der Waals surface area contributed by atoms with E-state index in [1.165, 1.54) is 16.7 Å². The summed E-state index contributed by atoms with van der Waals surface area (Å²) in [6, 6.07) is 6.47. The fraction of sp³-hybridized carbons (Fsp3) is 0.462. The van der Waals surface area contributed by atoms with E-state index in [0.717, 1.165) is 5.75 Å². The molecule has 0 aliphatic heterocycles. The Hall–Kier alpha value is -0.960. The van der Waals surface area contributed by atoms with Gasteiger partial charge in [-0.1, -0.05) is 29.3 Å². The van der Waals surface area contributed by atoms with Crippen LogP contribution in [0.3, 0.4) is 0 Å². The number of aryl methyl sites for hydroxylation is 2. The normalized spacial score (nSPS) is 10.2. The van der Waals surface area contributed by atoms with Crippen molar-refractivity contribution in [1.29, 1.82) is 0 Å². The van der Waals surface area contributed by atoms with Gasteiger partial charge in [-0.05, 0) is 26.3 Å². The molecule has 0 saturated heterocycles. The average Bonchev–Trinajstić information content (AvgIpc) is 2.16. The first-order valence-corrected chi connectivity index (χ1v) is 6.58. The Morgan fingerprint density at radius 2 is 1.88 bits per heavy atom. The first kappa shape index (κ1) is 13.1. The highest BCUT2D eigenvalue weighted by Crippen LogP contribution is 2.15. The van der Waals surface area contributed by atoms with Crippen molar-refractivity contribution < 1.29 is 9.53 Å². The van der Waals surface area contributed by atoms with Crippen LogP contribution in [-0.4, -0.2) is 18.3 Å². The van der Waals surface area contributed by atoms with E-state index in [4.69, 9.17) is 4.74 Å². The lowest BCUT2D eigenvalue weighted by Crippen LogP contribution is -2.06. The summed E-state index contributed by atoms with van der Waals surface area (Å²) >= 11 is 1.60. The van der Waals surface area contributed by atoms with Gasteiger partial charge in [0, 0.05) is 5.75 Å². The number of hydrogen-bond acceptors (Lipinski definition) is 3. The number of thioether (sulfide) groups is 1. The number of hydrogen-bond donors (Lipinski definition) is 0. The fourth-order valence-electron chi connectivity index (χ4n) is 1.61. The first-order valence-electron chi connectivity index (χ1n) is 5.42. The Balaban J connectivity index is 2.40. The minimum atomic E-state index is -0.128. The van der Waals surface area contributed by atoms with Gasteiger partial charge in [-0.2, -0.15) is 0 Å². The van der Waals surface area contributed by atoms with Gasteiger partial charge >= 0.3 is 5.97 Å². The topological polar surface area (TPSA) is 26.3 Å². The molecule has 1 rings (SSSR count). The molecule has 0 radical (unpaired) electrons. The van der Waals surface area contributed by atoms with Crippen LogP contribution in [0.2, 0.25) is 0 Å². The monoisotopic (exact) mass is 238 g/mol. The molecular weight excluding hydrogens is 220 g/mol. The molecular formula is C13H18O2S. The highest BCUT2D eigenvalue weighted by atomic mass is 32.2. The van der Waals surface area contributed by atoms with E-state index < -0.39 is 0 Å². The lowest BCUT2D eigenvalue weighted by molar-refractivity contribution is -0.139. The fourth-order valence-corrected chi connectivity index (χ4v) is 2.36. The van der Waals surface area contributed by atoms with Crippen LogP contribution in [-0.2, 0) is 15.3 Å². The second-order valence-electron chi connectivity index (χ2n) is 3.79. The van der Waals surface area contributed by atoms with E-state index in [1.807, 2.05) is 6.92 Å². The Morgan fingerprint density at radius 1 is 1.25 bits per heavy atom. The van der Waals surface area contributed by atoms with E-state index in [2.05, 4.69) is 32.0 Å². The van der Waals surface area contributed by atoms with Crippen molar-refractivity contribution in [3.63, 3.8) is 0 Å². The second-order valence-corrected chi connectivity index (χ2v) is 4.78. The van der Waals surface area contributed by atoms with Crippen LogP contribution in [0.15, 0.2) is 18.2 Å². The maximum Gasteiger partial charge on any atom is 0.315 e. The van der Waals surface area contributed by atoms with Gasteiger partial charge in [-0.15, -0.1) is 11.8 Å². The third-order valence-electron chi connectivity index (χ3n) is 2.08. The summed E-state index contributed by atoms with van der Waals surface area (Å²) in [7, 11) is 0. The summed E-state index contributed by atoms with van der Waals surface area (Å²) in [6.07, 6.45) is 0. The number of benzene rings is 1. The molecule has 1 aromatic carbocycles. The Kier molecular flexibility index (Phi) is 5.39. The van der Waals surface area contributed by atoms with E-state index in [0.29, 0.717) is 12.4 Å². The molecule has 0 fully saturated rings. The molecule has 3 heteroatoms. The maximum absolute atomic E-state index is 11.1. The van der Waals surface area contributed by atoms with Gasteiger partial charge in [0.2, 0.25) is 0 Å². The summed E-state index contributed by atoms with van der Waals surface area (Å²) in [5.41, 5.74) is 3.81. The molecule has 88 valence electrons. The predicted octanol–water partition coefficient (Wildman–Crippen LogP) is 3.10. The van der Waals surface area contributed by atoms with Crippen molar-refractivity contribution in [2.24, 2.45) is 0 Å². The summed E-state index contributed by atoms with van der Waals surface area (Å²) in [5.74, 6) is 1.17. The van der Waals surface area contributed by atoms with E-state index in [9.17, 15) is 4.79 Å². The molecule has 16 heavy (non-hydrogen) atoms. The zero-order valence-electron chi connectivity index (χ0n) is 10.1. The zero-order valence-corrected chi connectivity index (χ0v) is 10.9. The second kappa shape index (κ2) is 6.59. The number of esters is 1. The molecule has 0 aliphatic carbocycles. The van der Waals surface area contributed by atoms with Crippen LogP contribution in [0.4, 0.5) is 0 Å². The highest BCUT2D eigenvalue weighted by molar-refractivity contribution is 7.99. The minimum absolute atomic E-state index is 0.128. The van der Waals surface area contributed by atoms with Crippen LogP contribution < -0.4 is 0 Å². The molecule has 0 amide bonds. The molecule has 1 aromatic rings. The summed E-state index contributed by atoms with van der Waals surface area (Å²) < 4.78 is 4.87. The van der Waals surface area contributed by atoms with Gasteiger partial charge in [-0.25, -0.2) is 0 Å². The number of carbonyl (C=O) groups is 1. The lowest BCUT2D eigenvalue weighted by atomic mass is 10.1. The Labute approximate surface area is 101 Å². The molecule has 0 bridgehead atoms. The lowest BCUT2D eigenvalue weighted by Gasteiger charge is -2.05. The SMILES string of the molecule is CCOC(=O)CSCc1cc(C)cc(C)c1. The standard InChI is InChI=1S/C13H18O2S/c1-4-15-13(14)9-16-8-12-6-10(2)5-11(3)7-12/h5-7H,4,8-9H2,1-3H3.